The minimum atomic E-state index is 0.519. The quantitative estimate of drug-likeness (QED) is 0.659. The van der Waals surface area contributed by atoms with Crippen molar-refractivity contribution in [3.63, 3.8) is 0 Å². The van der Waals surface area contributed by atoms with E-state index in [4.69, 9.17) is 4.74 Å². The van der Waals surface area contributed by atoms with Gasteiger partial charge in [-0.1, -0.05) is 13.0 Å². The number of rotatable bonds is 4. The lowest BCUT2D eigenvalue weighted by Gasteiger charge is -1.96. The van der Waals surface area contributed by atoms with Gasteiger partial charge in [0.15, 0.2) is 0 Å². The number of aromatic nitrogens is 1. The predicted molar refractivity (Wildman–Crippen MR) is 51.5 cm³/mol. The van der Waals surface area contributed by atoms with Crippen LogP contribution < -0.4 is 0 Å². The Morgan fingerprint density at radius 1 is 1.46 bits per heavy atom. The van der Waals surface area contributed by atoms with Gasteiger partial charge < -0.3 is 4.74 Å². The first-order valence-corrected chi connectivity index (χ1v) is 4.94. The lowest BCUT2D eigenvalue weighted by molar-refractivity contribution is 0.359. The van der Waals surface area contributed by atoms with Gasteiger partial charge in [0.1, 0.15) is 0 Å². The molecule has 0 N–H and O–H groups in total. The summed E-state index contributed by atoms with van der Waals surface area (Å²) in [4.78, 5) is 4.08. The van der Waals surface area contributed by atoms with Crippen LogP contribution in [0.15, 0.2) is 24.5 Å². The summed E-state index contributed by atoms with van der Waals surface area (Å²) in [6.07, 6.45) is 8.19. The van der Waals surface area contributed by atoms with E-state index in [2.05, 4.69) is 18.0 Å². The van der Waals surface area contributed by atoms with Gasteiger partial charge in [0.25, 0.3) is 0 Å². The second-order valence-electron chi connectivity index (χ2n) is 3.52. The Kier molecular flexibility index (Phi) is 2.60. The van der Waals surface area contributed by atoms with Crippen LogP contribution in [0.25, 0.3) is 0 Å². The van der Waals surface area contributed by atoms with E-state index in [1.165, 1.54) is 5.56 Å². The Balaban J connectivity index is 1.75. The molecule has 70 valence electrons. The van der Waals surface area contributed by atoms with E-state index in [9.17, 15) is 0 Å². The zero-order chi connectivity index (χ0) is 9.10. The van der Waals surface area contributed by atoms with E-state index in [0.29, 0.717) is 12.2 Å². The van der Waals surface area contributed by atoms with E-state index in [1.54, 1.807) is 0 Å². The number of aryl methyl sites for hydroxylation is 1. The summed E-state index contributed by atoms with van der Waals surface area (Å²) in [7, 11) is 0. The molecule has 2 unspecified atom stereocenters. The third-order valence-electron chi connectivity index (χ3n) is 2.53. The van der Waals surface area contributed by atoms with Crippen LogP contribution in [-0.2, 0) is 11.2 Å². The summed E-state index contributed by atoms with van der Waals surface area (Å²) in [6.45, 7) is 2.18. The predicted octanol–water partition coefficient (Wildman–Crippen LogP) is 2.19. The fraction of sp³-hybridized carbons (Fsp3) is 0.545. The molecule has 0 radical (unpaired) electrons. The Morgan fingerprint density at radius 3 is 3.00 bits per heavy atom. The summed E-state index contributed by atoms with van der Waals surface area (Å²) in [6, 6.07) is 4.11. The van der Waals surface area contributed by atoms with Gasteiger partial charge in [-0.2, -0.15) is 0 Å². The zero-order valence-electron chi connectivity index (χ0n) is 7.94. The maximum absolute atomic E-state index is 5.47. The van der Waals surface area contributed by atoms with Crippen molar-refractivity contribution in [3.05, 3.63) is 30.1 Å². The minimum absolute atomic E-state index is 0.519. The molecule has 2 atom stereocenters. The molecule has 1 saturated heterocycles. The highest BCUT2D eigenvalue weighted by atomic mass is 16.6. The molecule has 0 bridgehead atoms. The van der Waals surface area contributed by atoms with E-state index in [0.717, 1.165) is 19.3 Å². The third-order valence-corrected chi connectivity index (χ3v) is 2.53. The highest BCUT2D eigenvalue weighted by molar-refractivity contribution is 5.09. The molecule has 2 nitrogen and oxygen atoms in total. The Hall–Kier alpha value is -0.890. The molecule has 0 saturated carbocycles. The average molecular weight is 177 g/mol. The molecule has 0 amide bonds. The van der Waals surface area contributed by atoms with Crippen molar-refractivity contribution in [2.45, 2.75) is 38.4 Å². The first kappa shape index (κ1) is 8.70. The number of epoxide rings is 1. The van der Waals surface area contributed by atoms with Gasteiger partial charge in [0.05, 0.1) is 12.2 Å². The second-order valence-corrected chi connectivity index (χ2v) is 3.52. The number of nitrogens with zero attached hydrogens (tertiary/aromatic N) is 1. The van der Waals surface area contributed by atoms with Crippen LogP contribution in [0.3, 0.4) is 0 Å². The molecule has 1 aliphatic heterocycles. The van der Waals surface area contributed by atoms with Gasteiger partial charge in [0, 0.05) is 12.4 Å². The van der Waals surface area contributed by atoms with Gasteiger partial charge in [-0.15, -0.1) is 0 Å². The number of hydrogen-bond donors (Lipinski definition) is 0. The Labute approximate surface area is 78.9 Å². The summed E-state index contributed by atoms with van der Waals surface area (Å²) in [5.41, 5.74) is 1.31. The van der Waals surface area contributed by atoms with Gasteiger partial charge >= 0.3 is 0 Å². The molecule has 1 aromatic heterocycles. The summed E-state index contributed by atoms with van der Waals surface area (Å²) in [5, 5.41) is 0. The Bertz CT molecular complexity index is 260. The monoisotopic (exact) mass is 177 g/mol. The lowest BCUT2D eigenvalue weighted by atomic mass is 10.1. The van der Waals surface area contributed by atoms with E-state index in [-0.39, 0.29) is 0 Å². The van der Waals surface area contributed by atoms with Crippen LogP contribution in [0.4, 0.5) is 0 Å². The fourth-order valence-corrected chi connectivity index (χ4v) is 1.65. The molecular formula is C11H15NO. The second kappa shape index (κ2) is 3.88. The SMILES string of the molecule is CCC1OC1CCc1cccnc1. The van der Waals surface area contributed by atoms with Crippen LogP contribution in [0.5, 0.6) is 0 Å². The third kappa shape index (κ3) is 2.28. The molecule has 1 aliphatic rings. The van der Waals surface area contributed by atoms with Crippen molar-refractivity contribution in [2.24, 2.45) is 0 Å². The first-order valence-electron chi connectivity index (χ1n) is 4.94. The van der Waals surface area contributed by atoms with Crippen molar-refractivity contribution < 1.29 is 4.74 Å². The van der Waals surface area contributed by atoms with Crippen molar-refractivity contribution in [2.75, 3.05) is 0 Å². The largest absolute Gasteiger partial charge is 0.370 e. The van der Waals surface area contributed by atoms with Crippen LogP contribution in [0.2, 0.25) is 0 Å². The summed E-state index contributed by atoms with van der Waals surface area (Å²) in [5.74, 6) is 0. The summed E-state index contributed by atoms with van der Waals surface area (Å²) >= 11 is 0. The number of hydrogen-bond acceptors (Lipinski definition) is 2. The van der Waals surface area contributed by atoms with Crippen molar-refractivity contribution in [3.8, 4) is 0 Å². The van der Waals surface area contributed by atoms with Gasteiger partial charge in [-0.05, 0) is 30.9 Å². The standard InChI is InChI=1S/C11H15NO/c1-2-10-11(13-10)6-5-9-4-3-7-12-8-9/h3-4,7-8,10-11H,2,5-6H2,1H3. The smallest absolute Gasteiger partial charge is 0.0845 e. The fourth-order valence-electron chi connectivity index (χ4n) is 1.65. The maximum Gasteiger partial charge on any atom is 0.0845 e. The van der Waals surface area contributed by atoms with E-state index < -0.39 is 0 Å². The van der Waals surface area contributed by atoms with Crippen LogP contribution in [0.1, 0.15) is 25.3 Å². The lowest BCUT2D eigenvalue weighted by Crippen LogP contribution is -1.95. The first-order chi connectivity index (χ1) is 6.40. The molecule has 1 aromatic rings. The average Bonchev–Trinajstić information content (AvgIpc) is 2.95. The molecule has 0 spiro atoms. The van der Waals surface area contributed by atoms with Crippen LogP contribution >= 0.6 is 0 Å². The normalized spacial score (nSPS) is 25.9. The highest BCUT2D eigenvalue weighted by Gasteiger charge is 2.35. The molecular weight excluding hydrogens is 162 g/mol. The van der Waals surface area contributed by atoms with Crippen molar-refractivity contribution in [1.29, 1.82) is 0 Å². The van der Waals surface area contributed by atoms with Crippen molar-refractivity contribution in [1.82, 2.24) is 4.98 Å². The van der Waals surface area contributed by atoms with Crippen LogP contribution in [-0.4, -0.2) is 17.2 Å². The topological polar surface area (TPSA) is 25.4 Å². The van der Waals surface area contributed by atoms with Gasteiger partial charge in [0.2, 0.25) is 0 Å². The molecule has 0 aromatic carbocycles. The van der Waals surface area contributed by atoms with Crippen LogP contribution in [0, 0.1) is 0 Å². The zero-order valence-corrected chi connectivity index (χ0v) is 7.94. The minimum Gasteiger partial charge on any atom is -0.370 e. The van der Waals surface area contributed by atoms with Gasteiger partial charge in [-0.25, -0.2) is 0 Å². The number of ether oxygens (including phenoxy) is 1. The molecule has 2 rings (SSSR count). The van der Waals surface area contributed by atoms with Gasteiger partial charge in [-0.3, -0.25) is 4.98 Å². The van der Waals surface area contributed by atoms with E-state index in [1.807, 2.05) is 18.5 Å². The molecule has 1 fully saturated rings. The van der Waals surface area contributed by atoms with E-state index >= 15 is 0 Å². The molecule has 0 aliphatic carbocycles. The molecule has 13 heavy (non-hydrogen) atoms. The number of pyridine rings is 1. The highest BCUT2D eigenvalue weighted by Crippen LogP contribution is 2.28. The summed E-state index contributed by atoms with van der Waals surface area (Å²) < 4.78 is 5.47. The van der Waals surface area contributed by atoms with Crippen molar-refractivity contribution >= 4 is 0 Å². The maximum atomic E-state index is 5.47. The molecule has 2 heterocycles. The molecule has 2 heteroatoms. The Morgan fingerprint density at radius 2 is 2.38 bits per heavy atom.